The fourth-order valence-corrected chi connectivity index (χ4v) is 3.02. The van der Waals surface area contributed by atoms with Crippen LogP contribution in [0.1, 0.15) is 13.8 Å². The molecule has 0 saturated carbocycles. The molecule has 0 spiro atoms. The molecule has 6 heteroatoms. The zero-order valence-corrected chi connectivity index (χ0v) is 13.7. The maximum atomic E-state index is 11.6. The first kappa shape index (κ1) is 17.3. The minimum Gasteiger partial charge on any atom is -0.492 e. The average Bonchev–Trinajstić information content (AvgIpc) is 2.40. The molecule has 1 rings (SSSR count). The molecule has 0 N–H and O–H groups in total. The number of rotatable bonds is 8. The average molecular weight is 320 g/mol. The SMILES string of the molecule is CCS(=O)(=O)CC(C)N(C)CCOc1ccc(Cl)cc1. The Balaban J connectivity index is 2.35. The first-order valence-electron chi connectivity index (χ1n) is 6.63. The van der Waals surface area contributed by atoms with E-state index in [4.69, 9.17) is 16.3 Å². The van der Waals surface area contributed by atoms with Crippen molar-refractivity contribution in [3.05, 3.63) is 29.3 Å². The third kappa shape index (κ3) is 6.11. The second kappa shape index (κ2) is 7.86. The van der Waals surface area contributed by atoms with Crippen molar-refractivity contribution in [2.45, 2.75) is 19.9 Å². The van der Waals surface area contributed by atoms with Gasteiger partial charge in [-0.25, -0.2) is 8.42 Å². The Hall–Kier alpha value is -0.780. The summed E-state index contributed by atoms with van der Waals surface area (Å²) >= 11 is 5.79. The number of halogens is 1. The van der Waals surface area contributed by atoms with Crippen molar-refractivity contribution < 1.29 is 13.2 Å². The standard InChI is InChI=1S/C14H22ClNO3S/c1-4-20(17,18)11-12(2)16(3)9-10-19-14-7-5-13(15)6-8-14/h5-8,12H,4,9-11H2,1-3H3. The fraction of sp³-hybridized carbons (Fsp3) is 0.571. The Morgan fingerprint density at radius 3 is 2.45 bits per heavy atom. The number of likely N-dealkylation sites (N-methyl/N-ethyl adjacent to an activating group) is 1. The van der Waals surface area contributed by atoms with E-state index in [0.717, 1.165) is 5.75 Å². The van der Waals surface area contributed by atoms with Crippen LogP contribution in [0, 0.1) is 0 Å². The topological polar surface area (TPSA) is 46.6 Å². The van der Waals surface area contributed by atoms with Gasteiger partial charge < -0.3 is 4.74 Å². The van der Waals surface area contributed by atoms with E-state index in [9.17, 15) is 8.42 Å². The summed E-state index contributed by atoms with van der Waals surface area (Å²) < 4.78 is 28.7. The third-order valence-electron chi connectivity index (χ3n) is 3.21. The van der Waals surface area contributed by atoms with Gasteiger partial charge in [0.05, 0.1) is 5.75 Å². The lowest BCUT2D eigenvalue weighted by Gasteiger charge is -2.24. The second-order valence-corrected chi connectivity index (χ2v) is 7.67. The van der Waals surface area contributed by atoms with Crippen molar-refractivity contribution in [2.24, 2.45) is 0 Å². The van der Waals surface area contributed by atoms with Gasteiger partial charge >= 0.3 is 0 Å². The summed E-state index contributed by atoms with van der Waals surface area (Å²) in [5, 5.41) is 0.674. The smallest absolute Gasteiger partial charge is 0.151 e. The zero-order valence-electron chi connectivity index (χ0n) is 12.2. The van der Waals surface area contributed by atoms with Crippen LogP contribution in [0.25, 0.3) is 0 Å². The maximum absolute atomic E-state index is 11.6. The summed E-state index contributed by atoms with van der Waals surface area (Å²) in [7, 11) is -1.04. The summed E-state index contributed by atoms with van der Waals surface area (Å²) in [4.78, 5) is 1.99. The Kier molecular flexibility index (Phi) is 6.79. The van der Waals surface area contributed by atoms with Gasteiger partial charge in [-0.1, -0.05) is 18.5 Å². The van der Waals surface area contributed by atoms with Crippen LogP contribution in [0.4, 0.5) is 0 Å². The Labute approximate surface area is 126 Å². The van der Waals surface area contributed by atoms with Gasteiger partial charge in [0, 0.05) is 23.4 Å². The summed E-state index contributed by atoms with van der Waals surface area (Å²) in [5.74, 6) is 1.13. The molecular weight excluding hydrogens is 298 g/mol. The third-order valence-corrected chi connectivity index (χ3v) is 5.34. The predicted molar refractivity (Wildman–Crippen MR) is 83.4 cm³/mol. The minimum atomic E-state index is -2.94. The molecule has 0 aliphatic heterocycles. The second-order valence-electron chi connectivity index (χ2n) is 4.83. The molecule has 0 aliphatic carbocycles. The van der Waals surface area contributed by atoms with E-state index in [1.54, 1.807) is 19.1 Å². The molecule has 0 aromatic heterocycles. The van der Waals surface area contributed by atoms with E-state index in [2.05, 4.69) is 0 Å². The van der Waals surface area contributed by atoms with E-state index >= 15 is 0 Å². The van der Waals surface area contributed by atoms with E-state index < -0.39 is 9.84 Å². The van der Waals surface area contributed by atoms with Crippen molar-refractivity contribution in [1.29, 1.82) is 0 Å². The van der Waals surface area contributed by atoms with Crippen LogP contribution in [0.15, 0.2) is 24.3 Å². The van der Waals surface area contributed by atoms with Crippen LogP contribution in [-0.2, 0) is 9.84 Å². The van der Waals surface area contributed by atoms with Gasteiger partial charge in [0.1, 0.15) is 12.4 Å². The van der Waals surface area contributed by atoms with Crippen molar-refractivity contribution in [2.75, 3.05) is 31.7 Å². The Morgan fingerprint density at radius 1 is 1.30 bits per heavy atom. The Bertz CT molecular complexity index is 502. The fourth-order valence-electron chi connectivity index (χ4n) is 1.67. The molecule has 0 aliphatic rings. The van der Waals surface area contributed by atoms with Crippen LogP contribution in [0.3, 0.4) is 0 Å². The molecule has 0 bridgehead atoms. The van der Waals surface area contributed by atoms with Gasteiger partial charge in [-0.2, -0.15) is 0 Å². The van der Waals surface area contributed by atoms with Crippen LogP contribution < -0.4 is 4.74 Å². The monoisotopic (exact) mass is 319 g/mol. The number of hydrogen-bond acceptors (Lipinski definition) is 4. The molecule has 1 aromatic carbocycles. The number of ether oxygens (including phenoxy) is 1. The molecule has 0 heterocycles. The maximum Gasteiger partial charge on any atom is 0.151 e. The van der Waals surface area contributed by atoms with Gasteiger partial charge in [0.15, 0.2) is 9.84 Å². The zero-order chi connectivity index (χ0) is 15.2. The summed E-state index contributed by atoms with van der Waals surface area (Å²) in [6.07, 6.45) is 0. The summed E-state index contributed by atoms with van der Waals surface area (Å²) in [5.41, 5.74) is 0. The van der Waals surface area contributed by atoms with E-state index in [-0.39, 0.29) is 17.5 Å². The van der Waals surface area contributed by atoms with Crippen molar-refractivity contribution in [1.82, 2.24) is 4.90 Å². The molecule has 20 heavy (non-hydrogen) atoms. The number of benzene rings is 1. The molecule has 1 aromatic rings. The van der Waals surface area contributed by atoms with E-state index in [1.807, 2.05) is 31.0 Å². The normalized spacial score (nSPS) is 13.4. The summed E-state index contributed by atoms with van der Waals surface area (Å²) in [6.45, 7) is 4.76. The lowest BCUT2D eigenvalue weighted by atomic mass is 10.3. The number of nitrogens with zero attached hydrogens (tertiary/aromatic N) is 1. The van der Waals surface area contributed by atoms with Gasteiger partial charge in [-0.3, -0.25) is 4.90 Å². The van der Waals surface area contributed by atoms with Crippen LogP contribution in [0.2, 0.25) is 5.02 Å². The van der Waals surface area contributed by atoms with Crippen molar-refractivity contribution in [3.8, 4) is 5.75 Å². The molecule has 4 nitrogen and oxygen atoms in total. The molecule has 0 saturated heterocycles. The Morgan fingerprint density at radius 2 is 1.90 bits per heavy atom. The highest BCUT2D eigenvalue weighted by Gasteiger charge is 2.17. The van der Waals surface area contributed by atoms with Gasteiger partial charge in [-0.15, -0.1) is 0 Å². The first-order valence-corrected chi connectivity index (χ1v) is 8.83. The molecule has 0 fully saturated rings. The van der Waals surface area contributed by atoms with Gasteiger partial charge in [-0.05, 0) is 38.2 Å². The van der Waals surface area contributed by atoms with E-state index in [0.29, 0.717) is 18.2 Å². The largest absolute Gasteiger partial charge is 0.492 e. The highest BCUT2D eigenvalue weighted by atomic mass is 35.5. The van der Waals surface area contributed by atoms with E-state index in [1.165, 1.54) is 0 Å². The quantitative estimate of drug-likeness (QED) is 0.738. The molecule has 0 amide bonds. The van der Waals surface area contributed by atoms with Gasteiger partial charge in [0.2, 0.25) is 0 Å². The number of hydrogen-bond donors (Lipinski definition) is 0. The lowest BCUT2D eigenvalue weighted by molar-refractivity contribution is 0.209. The summed E-state index contributed by atoms with van der Waals surface area (Å²) in [6, 6.07) is 7.16. The van der Waals surface area contributed by atoms with Crippen molar-refractivity contribution in [3.63, 3.8) is 0 Å². The number of sulfone groups is 1. The molecule has 1 unspecified atom stereocenters. The van der Waals surface area contributed by atoms with Crippen LogP contribution >= 0.6 is 11.6 Å². The first-order chi connectivity index (χ1) is 9.34. The minimum absolute atomic E-state index is 0.0197. The van der Waals surface area contributed by atoms with Crippen molar-refractivity contribution >= 4 is 21.4 Å². The highest BCUT2D eigenvalue weighted by Crippen LogP contribution is 2.15. The molecular formula is C14H22ClNO3S. The van der Waals surface area contributed by atoms with Crippen LogP contribution in [-0.4, -0.2) is 51.1 Å². The predicted octanol–water partition coefficient (Wildman–Crippen LogP) is 2.47. The highest BCUT2D eigenvalue weighted by molar-refractivity contribution is 7.91. The molecule has 1 atom stereocenters. The molecule has 114 valence electrons. The molecule has 0 radical (unpaired) electrons. The van der Waals surface area contributed by atoms with Gasteiger partial charge in [0.25, 0.3) is 0 Å². The lowest BCUT2D eigenvalue weighted by Crippen LogP contribution is -2.37. The van der Waals surface area contributed by atoms with Crippen LogP contribution in [0.5, 0.6) is 5.75 Å².